The smallest absolute Gasteiger partial charge is 0.219 e. The van der Waals surface area contributed by atoms with Crippen molar-refractivity contribution < 1.29 is 9.00 Å². The predicted octanol–water partition coefficient (Wildman–Crippen LogP) is 0.0336. The largest absolute Gasteiger partial charge is 0.352 e. The first-order chi connectivity index (χ1) is 5.22. The zero-order chi connectivity index (χ0) is 8.27. The van der Waals surface area contributed by atoms with Gasteiger partial charge in [-0.2, -0.15) is 0 Å². The van der Waals surface area contributed by atoms with Crippen molar-refractivity contribution in [1.82, 2.24) is 5.32 Å². The molecule has 1 amide bonds. The number of hydrogen-bond donors (Lipinski definition) is 1. The van der Waals surface area contributed by atoms with E-state index >= 15 is 0 Å². The van der Waals surface area contributed by atoms with Gasteiger partial charge in [-0.05, 0) is 6.42 Å². The lowest BCUT2D eigenvalue weighted by Crippen LogP contribution is -2.34. The van der Waals surface area contributed by atoms with E-state index in [0.717, 1.165) is 12.2 Å². The van der Waals surface area contributed by atoms with Gasteiger partial charge in [0.15, 0.2) is 0 Å². The number of nitrogens with one attached hydrogen (secondary N) is 1. The van der Waals surface area contributed by atoms with Gasteiger partial charge in [-0.1, -0.05) is 6.92 Å². The van der Waals surface area contributed by atoms with Crippen molar-refractivity contribution in [3.63, 3.8) is 0 Å². The zero-order valence-electron chi connectivity index (χ0n) is 6.63. The fourth-order valence-electron chi connectivity index (χ4n) is 1.11. The second kappa shape index (κ2) is 3.85. The quantitative estimate of drug-likeness (QED) is 0.644. The maximum absolute atomic E-state index is 10.9. The molecule has 11 heavy (non-hydrogen) atoms. The highest BCUT2D eigenvalue weighted by Gasteiger charge is 2.21. The average Bonchev–Trinajstić information content (AvgIpc) is 2.35. The van der Waals surface area contributed by atoms with Crippen molar-refractivity contribution in [2.75, 3.05) is 11.5 Å². The summed E-state index contributed by atoms with van der Waals surface area (Å²) in [5.74, 6) is 1.45. The molecule has 0 radical (unpaired) electrons. The van der Waals surface area contributed by atoms with Gasteiger partial charge < -0.3 is 5.32 Å². The molecule has 0 aromatic carbocycles. The van der Waals surface area contributed by atoms with E-state index in [4.69, 9.17) is 0 Å². The van der Waals surface area contributed by atoms with E-state index in [1.165, 1.54) is 0 Å². The molecule has 0 saturated carbocycles. The van der Waals surface area contributed by atoms with Gasteiger partial charge in [0.1, 0.15) is 0 Å². The fraction of sp³-hybridized carbons (Fsp3) is 0.857. The summed E-state index contributed by atoms with van der Waals surface area (Å²) in [6, 6.07) is 0.170. The van der Waals surface area contributed by atoms with Gasteiger partial charge in [-0.3, -0.25) is 9.00 Å². The number of rotatable bonds is 2. The lowest BCUT2D eigenvalue weighted by molar-refractivity contribution is -0.121. The first kappa shape index (κ1) is 8.71. The molecule has 1 aliphatic rings. The van der Waals surface area contributed by atoms with Crippen LogP contribution in [-0.2, 0) is 15.6 Å². The molecule has 4 heteroatoms. The van der Waals surface area contributed by atoms with E-state index in [2.05, 4.69) is 5.32 Å². The molecule has 0 aromatic rings. The molecular formula is C7H13NO2S. The van der Waals surface area contributed by atoms with Crippen molar-refractivity contribution in [2.24, 2.45) is 0 Å². The second-order valence-electron chi connectivity index (χ2n) is 2.72. The van der Waals surface area contributed by atoms with Crippen LogP contribution in [0, 0.1) is 0 Å². The Bertz CT molecular complexity index is 181. The average molecular weight is 175 g/mol. The third kappa shape index (κ3) is 2.61. The van der Waals surface area contributed by atoms with Gasteiger partial charge in [-0.15, -0.1) is 0 Å². The molecule has 1 heterocycles. The van der Waals surface area contributed by atoms with Crippen LogP contribution in [0.3, 0.4) is 0 Å². The van der Waals surface area contributed by atoms with Crippen LogP contribution in [0.5, 0.6) is 0 Å². The van der Waals surface area contributed by atoms with Gasteiger partial charge in [0.2, 0.25) is 5.91 Å². The van der Waals surface area contributed by atoms with E-state index in [1.807, 2.05) is 6.92 Å². The molecule has 64 valence electrons. The van der Waals surface area contributed by atoms with Crippen molar-refractivity contribution in [1.29, 1.82) is 0 Å². The number of amides is 1. The standard InChI is InChI=1S/C7H13NO2S/c1-2-7(9)8-6-3-4-11(10)5-6/h6H,2-5H2,1H3,(H,8,9). The van der Waals surface area contributed by atoms with Crippen LogP contribution in [0.15, 0.2) is 0 Å². The van der Waals surface area contributed by atoms with E-state index in [-0.39, 0.29) is 11.9 Å². The third-order valence-corrected chi connectivity index (χ3v) is 3.23. The molecule has 0 spiro atoms. The number of carbonyl (C=O) groups is 1. The summed E-state index contributed by atoms with van der Waals surface area (Å²) in [5.41, 5.74) is 0. The minimum Gasteiger partial charge on any atom is -0.352 e. The van der Waals surface area contributed by atoms with Crippen LogP contribution in [-0.4, -0.2) is 27.7 Å². The normalized spacial score (nSPS) is 30.3. The molecule has 1 rings (SSSR count). The first-order valence-electron chi connectivity index (χ1n) is 3.86. The Labute approximate surface area is 69.0 Å². The number of hydrogen-bond acceptors (Lipinski definition) is 2. The third-order valence-electron chi connectivity index (χ3n) is 1.77. The molecule has 2 unspecified atom stereocenters. The predicted molar refractivity (Wildman–Crippen MR) is 44.7 cm³/mol. The van der Waals surface area contributed by atoms with Crippen LogP contribution >= 0.6 is 0 Å². The second-order valence-corrected chi connectivity index (χ2v) is 4.34. The van der Waals surface area contributed by atoms with Gasteiger partial charge in [0.05, 0.1) is 0 Å². The van der Waals surface area contributed by atoms with Gasteiger partial charge >= 0.3 is 0 Å². The van der Waals surface area contributed by atoms with Crippen molar-refractivity contribution in [3.8, 4) is 0 Å². The highest BCUT2D eigenvalue weighted by molar-refractivity contribution is 7.85. The Hall–Kier alpha value is -0.380. The van der Waals surface area contributed by atoms with E-state index in [0.29, 0.717) is 12.2 Å². The highest BCUT2D eigenvalue weighted by atomic mass is 32.2. The maximum Gasteiger partial charge on any atom is 0.219 e. The van der Waals surface area contributed by atoms with Crippen molar-refractivity contribution in [2.45, 2.75) is 25.8 Å². The first-order valence-corrected chi connectivity index (χ1v) is 5.35. The molecule has 1 saturated heterocycles. The van der Waals surface area contributed by atoms with Crippen LogP contribution in [0.2, 0.25) is 0 Å². The molecule has 0 aromatic heterocycles. The Morgan fingerprint density at radius 3 is 2.91 bits per heavy atom. The van der Waals surface area contributed by atoms with Crippen molar-refractivity contribution >= 4 is 16.7 Å². The molecule has 1 aliphatic heterocycles. The summed E-state index contributed by atoms with van der Waals surface area (Å²) in [4.78, 5) is 10.9. The summed E-state index contributed by atoms with van der Waals surface area (Å²) in [5, 5.41) is 2.83. The summed E-state index contributed by atoms with van der Waals surface area (Å²) in [6.07, 6.45) is 1.39. The maximum atomic E-state index is 10.9. The molecule has 0 bridgehead atoms. The summed E-state index contributed by atoms with van der Waals surface area (Å²) in [6.45, 7) is 1.82. The molecule has 2 atom stereocenters. The lowest BCUT2D eigenvalue weighted by atomic mass is 10.2. The topological polar surface area (TPSA) is 46.2 Å². The molecule has 0 aliphatic carbocycles. The number of carbonyl (C=O) groups excluding carboxylic acids is 1. The summed E-state index contributed by atoms with van der Waals surface area (Å²) < 4.78 is 10.9. The monoisotopic (exact) mass is 175 g/mol. The van der Waals surface area contributed by atoms with Gasteiger partial charge in [0.25, 0.3) is 0 Å². The van der Waals surface area contributed by atoms with Gasteiger partial charge in [-0.25, -0.2) is 0 Å². The van der Waals surface area contributed by atoms with Crippen LogP contribution < -0.4 is 5.32 Å². The Morgan fingerprint density at radius 2 is 2.45 bits per heavy atom. The summed E-state index contributed by atoms with van der Waals surface area (Å²) in [7, 11) is -0.686. The summed E-state index contributed by atoms with van der Waals surface area (Å²) >= 11 is 0. The Kier molecular flexibility index (Phi) is 3.05. The van der Waals surface area contributed by atoms with Crippen LogP contribution in [0.25, 0.3) is 0 Å². The van der Waals surface area contributed by atoms with Gasteiger partial charge in [0, 0.05) is 34.8 Å². The molecule has 3 nitrogen and oxygen atoms in total. The minimum absolute atomic E-state index is 0.0638. The van der Waals surface area contributed by atoms with E-state index in [9.17, 15) is 9.00 Å². The lowest BCUT2D eigenvalue weighted by Gasteiger charge is -2.08. The van der Waals surface area contributed by atoms with E-state index in [1.54, 1.807) is 0 Å². The van der Waals surface area contributed by atoms with Crippen LogP contribution in [0.4, 0.5) is 0 Å². The zero-order valence-corrected chi connectivity index (χ0v) is 7.45. The molecule has 1 fully saturated rings. The van der Waals surface area contributed by atoms with Crippen LogP contribution in [0.1, 0.15) is 19.8 Å². The Balaban J connectivity index is 2.28. The SMILES string of the molecule is CCC(=O)NC1CCS(=O)C1. The molecular weight excluding hydrogens is 162 g/mol. The highest BCUT2D eigenvalue weighted by Crippen LogP contribution is 2.06. The minimum atomic E-state index is -0.686. The van der Waals surface area contributed by atoms with E-state index < -0.39 is 10.8 Å². The van der Waals surface area contributed by atoms with Crippen molar-refractivity contribution in [3.05, 3.63) is 0 Å². The molecule has 1 N–H and O–H groups in total. The Morgan fingerprint density at radius 1 is 1.73 bits per heavy atom. The fourth-order valence-corrected chi connectivity index (χ4v) is 2.52.